The lowest BCUT2D eigenvalue weighted by Gasteiger charge is -2.18. The number of hydrogen-bond acceptors (Lipinski definition) is 3. The van der Waals surface area contributed by atoms with E-state index in [1.54, 1.807) is 35.2 Å². The molecule has 0 aromatic heterocycles. The average Bonchev–Trinajstić information content (AvgIpc) is 3.02. The molecule has 0 aliphatic carbocycles. The van der Waals surface area contributed by atoms with Crippen LogP contribution in [0, 0.1) is 5.92 Å². The third kappa shape index (κ3) is 4.65. The SMILES string of the molecule is CC(=O)Nc1cccc(N2C[C@@H](C(=O)NCc3ccccc3Cl)CC2=O)c1. The lowest BCUT2D eigenvalue weighted by atomic mass is 10.1. The summed E-state index contributed by atoms with van der Waals surface area (Å²) in [6.07, 6.45) is 0.152. The first-order valence-electron chi connectivity index (χ1n) is 8.63. The van der Waals surface area contributed by atoms with E-state index in [1.807, 2.05) is 18.2 Å². The van der Waals surface area contributed by atoms with Gasteiger partial charge in [0.2, 0.25) is 17.7 Å². The van der Waals surface area contributed by atoms with Gasteiger partial charge in [-0.3, -0.25) is 14.4 Å². The van der Waals surface area contributed by atoms with Gasteiger partial charge in [0.05, 0.1) is 5.92 Å². The predicted octanol–water partition coefficient (Wildman–Crippen LogP) is 2.97. The van der Waals surface area contributed by atoms with E-state index < -0.39 is 5.92 Å². The van der Waals surface area contributed by atoms with Crippen molar-refractivity contribution in [3.05, 3.63) is 59.1 Å². The summed E-state index contributed by atoms with van der Waals surface area (Å²) in [5.74, 6) is -0.905. The summed E-state index contributed by atoms with van der Waals surface area (Å²) in [6, 6.07) is 14.3. The van der Waals surface area contributed by atoms with Crippen molar-refractivity contribution in [2.75, 3.05) is 16.8 Å². The zero-order chi connectivity index (χ0) is 19.4. The molecule has 27 heavy (non-hydrogen) atoms. The Morgan fingerprint density at radius 1 is 1.19 bits per heavy atom. The Labute approximate surface area is 162 Å². The minimum Gasteiger partial charge on any atom is -0.352 e. The van der Waals surface area contributed by atoms with Gasteiger partial charge in [-0.25, -0.2) is 0 Å². The van der Waals surface area contributed by atoms with Crippen LogP contribution in [0.25, 0.3) is 0 Å². The highest BCUT2D eigenvalue weighted by Gasteiger charge is 2.35. The van der Waals surface area contributed by atoms with E-state index in [9.17, 15) is 14.4 Å². The normalized spacial score (nSPS) is 16.3. The molecule has 140 valence electrons. The Morgan fingerprint density at radius 3 is 2.70 bits per heavy atom. The van der Waals surface area contributed by atoms with Crippen LogP contribution in [-0.4, -0.2) is 24.3 Å². The fourth-order valence-electron chi connectivity index (χ4n) is 3.06. The van der Waals surface area contributed by atoms with E-state index in [1.165, 1.54) is 6.92 Å². The third-order valence-electron chi connectivity index (χ3n) is 4.38. The first kappa shape index (κ1) is 18.9. The maximum atomic E-state index is 12.5. The van der Waals surface area contributed by atoms with Gasteiger partial charge in [-0.05, 0) is 29.8 Å². The summed E-state index contributed by atoms with van der Waals surface area (Å²) in [7, 11) is 0. The molecule has 1 saturated heterocycles. The van der Waals surface area contributed by atoms with Gasteiger partial charge in [0.1, 0.15) is 0 Å². The third-order valence-corrected chi connectivity index (χ3v) is 4.75. The van der Waals surface area contributed by atoms with Gasteiger partial charge >= 0.3 is 0 Å². The van der Waals surface area contributed by atoms with Gasteiger partial charge in [0.25, 0.3) is 0 Å². The van der Waals surface area contributed by atoms with Crippen molar-refractivity contribution >= 4 is 40.7 Å². The minimum absolute atomic E-state index is 0.118. The predicted molar refractivity (Wildman–Crippen MR) is 105 cm³/mol. The Hall–Kier alpha value is -2.86. The molecule has 2 aromatic carbocycles. The van der Waals surface area contributed by atoms with Crippen molar-refractivity contribution in [2.24, 2.45) is 5.92 Å². The summed E-state index contributed by atoms with van der Waals surface area (Å²) in [5.41, 5.74) is 2.10. The van der Waals surface area contributed by atoms with Crippen molar-refractivity contribution in [2.45, 2.75) is 19.9 Å². The Kier molecular flexibility index (Phi) is 5.76. The molecule has 1 heterocycles. The fourth-order valence-corrected chi connectivity index (χ4v) is 3.26. The summed E-state index contributed by atoms with van der Waals surface area (Å²) in [5, 5.41) is 6.14. The van der Waals surface area contributed by atoms with Gasteiger partial charge in [0.15, 0.2) is 0 Å². The molecule has 2 aromatic rings. The second-order valence-corrected chi connectivity index (χ2v) is 6.85. The van der Waals surface area contributed by atoms with Crippen LogP contribution >= 0.6 is 11.6 Å². The highest BCUT2D eigenvalue weighted by atomic mass is 35.5. The van der Waals surface area contributed by atoms with Gasteiger partial charge in [0, 0.05) is 42.8 Å². The standard InChI is InChI=1S/C20H20ClN3O3/c1-13(25)23-16-6-4-7-17(10-16)24-12-15(9-19(24)26)20(27)22-11-14-5-2-3-8-18(14)21/h2-8,10,15H,9,11-12H2,1H3,(H,22,27)(H,23,25)/t15-/m0/s1. The number of benzene rings is 2. The van der Waals surface area contributed by atoms with Crippen LogP contribution in [0.2, 0.25) is 5.02 Å². The summed E-state index contributed by atoms with van der Waals surface area (Å²) < 4.78 is 0. The Morgan fingerprint density at radius 2 is 1.96 bits per heavy atom. The molecular formula is C20H20ClN3O3. The van der Waals surface area contributed by atoms with Crippen molar-refractivity contribution in [3.8, 4) is 0 Å². The molecule has 0 radical (unpaired) electrons. The molecule has 0 saturated carbocycles. The molecule has 1 atom stereocenters. The van der Waals surface area contributed by atoms with Gasteiger partial charge in [-0.1, -0.05) is 35.9 Å². The van der Waals surface area contributed by atoms with Gasteiger partial charge in [-0.15, -0.1) is 0 Å². The quantitative estimate of drug-likeness (QED) is 0.830. The molecule has 3 rings (SSSR count). The van der Waals surface area contributed by atoms with Crippen molar-refractivity contribution in [1.82, 2.24) is 5.32 Å². The Balaban J connectivity index is 1.64. The summed E-state index contributed by atoms with van der Waals surface area (Å²) in [6.45, 7) is 2.05. The summed E-state index contributed by atoms with van der Waals surface area (Å²) in [4.78, 5) is 37.6. The molecule has 2 N–H and O–H groups in total. The number of carbonyl (C=O) groups excluding carboxylic acids is 3. The number of nitrogens with zero attached hydrogens (tertiary/aromatic N) is 1. The van der Waals surface area contributed by atoms with Crippen LogP contribution in [0.1, 0.15) is 18.9 Å². The number of nitrogens with one attached hydrogen (secondary N) is 2. The first-order valence-corrected chi connectivity index (χ1v) is 9.01. The monoisotopic (exact) mass is 385 g/mol. The summed E-state index contributed by atoms with van der Waals surface area (Å²) >= 11 is 6.10. The molecule has 0 spiro atoms. The second kappa shape index (κ2) is 8.22. The zero-order valence-corrected chi connectivity index (χ0v) is 15.6. The molecule has 0 unspecified atom stereocenters. The van der Waals surface area contributed by atoms with Gasteiger partial charge < -0.3 is 15.5 Å². The first-order chi connectivity index (χ1) is 12.9. The molecule has 0 bridgehead atoms. The van der Waals surface area contributed by atoms with Gasteiger partial charge in [-0.2, -0.15) is 0 Å². The molecule has 1 fully saturated rings. The maximum absolute atomic E-state index is 12.5. The van der Waals surface area contributed by atoms with Crippen LogP contribution in [0.4, 0.5) is 11.4 Å². The van der Waals surface area contributed by atoms with E-state index >= 15 is 0 Å². The zero-order valence-electron chi connectivity index (χ0n) is 14.9. The van der Waals surface area contributed by atoms with Crippen LogP contribution < -0.4 is 15.5 Å². The largest absolute Gasteiger partial charge is 0.352 e. The molecular weight excluding hydrogens is 366 g/mol. The number of anilines is 2. The van der Waals surface area contributed by atoms with Crippen LogP contribution in [-0.2, 0) is 20.9 Å². The van der Waals surface area contributed by atoms with E-state index in [2.05, 4.69) is 10.6 Å². The number of halogens is 1. The molecule has 3 amide bonds. The van der Waals surface area contributed by atoms with Crippen molar-refractivity contribution < 1.29 is 14.4 Å². The number of rotatable bonds is 5. The minimum atomic E-state index is -0.426. The second-order valence-electron chi connectivity index (χ2n) is 6.45. The molecule has 1 aliphatic rings. The lowest BCUT2D eigenvalue weighted by molar-refractivity contribution is -0.126. The topological polar surface area (TPSA) is 78.5 Å². The smallest absolute Gasteiger partial charge is 0.227 e. The van der Waals surface area contributed by atoms with Crippen molar-refractivity contribution in [1.29, 1.82) is 0 Å². The van der Waals surface area contributed by atoms with E-state index in [4.69, 9.17) is 11.6 Å². The Bertz CT molecular complexity index is 884. The van der Waals surface area contributed by atoms with Crippen molar-refractivity contribution in [3.63, 3.8) is 0 Å². The van der Waals surface area contributed by atoms with Crippen LogP contribution in [0.3, 0.4) is 0 Å². The molecule has 7 heteroatoms. The molecule has 1 aliphatic heterocycles. The highest BCUT2D eigenvalue weighted by Crippen LogP contribution is 2.27. The number of amides is 3. The molecule has 6 nitrogen and oxygen atoms in total. The number of hydrogen-bond donors (Lipinski definition) is 2. The van der Waals surface area contributed by atoms with E-state index in [0.717, 1.165) is 5.56 Å². The van der Waals surface area contributed by atoms with E-state index in [-0.39, 0.29) is 24.1 Å². The number of carbonyl (C=O) groups is 3. The fraction of sp³-hybridized carbons (Fsp3) is 0.250. The average molecular weight is 386 g/mol. The lowest BCUT2D eigenvalue weighted by Crippen LogP contribution is -2.32. The maximum Gasteiger partial charge on any atom is 0.227 e. The van der Waals surface area contributed by atoms with E-state index in [0.29, 0.717) is 29.5 Å². The van der Waals surface area contributed by atoms with Crippen LogP contribution in [0.15, 0.2) is 48.5 Å². The highest BCUT2D eigenvalue weighted by molar-refractivity contribution is 6.31. The van der Waals surface area contributed by atoms with Crippen LogP contribution in [0.5, 0.6) is 0 Å².